The standard InChI is InChI=1S/C19H17N3O3/c1-24-19(23)22-15-9-12-18(20-13-15)21-14-7-10-17(11-8-14)25-16-5-3-2-4-6-16/h2-13H,1H3,(H,20,21)(H,22,23). The van der Waals surface area contributed by atoms with Crippen molar-refractivity contribution in [1.82, 2.24) is 4.98 Å². The molecule has 0 bridgehead atoms. The van der Waals surface area contributed by atoms with Crippen LogP contribution >= 0.6 is 0 Å². The van der Waals surface area contributed by atoms with Crippen molar-refractivity contribution in [2.75, 3.05) is 17.7 Å². The van der Waals surface area contributed by atoms with E-state index in [9.17, 15) is 4.79 Å². The van der Waals surface area contributed by atoms with Crippen LogP contribution in [0.2, 0.25) is 0 Å². The number of methoxy groups -OCH3 is 1. The SMILES string of the molecule is COC(=O)Nc1ccc(Nc2ccc(Oc3ccccc3)cc2)nc1. The summed E-state index contributed by atoms with van der Waals surface area (Å²) < 4.78 is 10.3. The van der Waals surface area contributed by atoms with Crippen LogP contribution in [-0.4, -0.2) is 18.2 Å². The number of amides is 1. The molecule has 126 valence electrons. The first-order valence-corrected chi connectivity index (χ1v) is 7.64. The van der Waals surface area contributed by atoms with E-state index in [4.69, 9.17) is 4.74 Å². The Balaban J connectivity index is 1.60. The van der Waals surface area contributed by atoms with Gasteiger partial charge in [-0.3, -0.25) is 5.32 Å². The zero-order valence-corrected chi connectivity index (χ0v) is 13.6. The van der Waals surface area contributed by atoms with Gasteiger partial charge >= 0.3 is 6.09 Å². The number of ether oxygens (including phenoxy) is 2. The van der Waals surface area contributed by atoms with Crippen LogP contribution in [0.4, 0.5) is 22.0 Å². The lowest BCUT2D eigenvalue weighted by molar-refractivity contribution is 0.187. The summed E-state index contributed by atoms with van der Waals surface area (Å²) in [7, 11) is 1.31. The zero-order chi connectivity index (χ0) is 17.5. The summed E-state index contributed by atoms with van der Waals surface area (Å²) >= 11 is 0. The molecule has 1 aromatic heterocycles. The first-order valence-electron chi connectivity index (χ1n) is 7.64. The maximum absolute atomic E-state index is 11.1. The van der Waals surface area contributed by atoms with Crippen molar-refractivity contribution in [1.29, 1.82) is 0 Å². The Morgan fingerprint density at radius 1 is 0.880 bits per heavy atom. The van der Waals surface area contributed by atoms with Crippen LogP contribution < -0.4 is 15.4 Å². The molecule has 6 nitrogen and oxygen atoms in total. The van der Waals surface area contributed by atoms with Gasteiger partial charge in [-0.25, -0.2) is 9.78 Å². The minimum absolute atomic E-state index is 0.531. The van der Waals surface area contributed by atoms with Crippen molar-refractivity contribution in [2.45, 2.75) is 0 Å². The maximum Gasteiger partial charge on any atom is 0.411 e. The third-order valence-electron chi connectivity index (χ3n) is 3.30. The average molecular weight is 335 g/mol. The number of benzene rings is 2. The molecule has 25 heavy (non-hydrogen) atoms. The van der Waals surface area contributed by atoms with Gasteiger partial charge in [0.1, 0.15) is 17.3 Å². The van der Waals surface area contributed by atoms with Gasteiger partial charge in [0.15, 0.2) is 0 Å². The highest BCUT2D eigenvalue weighted by atomic mass is 16.5. The number of nitrogens with zero attached hydrogens (tertiary/aromatic N) is 1. The molecule has 0 spiro atoms. The van der Waals surface area contributed by atoms with Gasteiger partial charge in [-0.15, -0.1) is 0 Å². The molecule has 0 aliphatic carbocycles. The summed E-state index contributed by atoms with van der Waals surface area (Å²) in [5.74, 6) is 2.20. The predicted octanol–water partition coefficient (Wildman–Crippen LogP) is 4.80. The summed E-state index contributed by atoms with van der Waals surface area (Å²) in [6, 6.07) is 20.7. The van der Waals surface area contributed by atoms with Gasteiger partial charge in [0.05, 0.1) is 19.0 Å². The van der Waals surface area contributed by atoms with Crippen LogP contribution in [0.3, 0.4) is 0 Å². The van der Waals surface area contributed by atoms with Crippen molar-refractivity contribution >= 4 is 23.3 Å². The lowest BCUT2D eigenvalue weighted by Crippen LogP contribution is -2.11. The first-order chi connectivity index (χ1) is 12.2. The van der Waals surface area contributed by atoms with Gasteiger partial charge in [0, 0.05) is 5.69 Å². The van der Waals surface area contributed by atoms with Crippen molar-refractivity contribution < 1.29 is 14.3 Å². The predicted molar refractivity (Wildman–Crippen MR) is 96.5 cm³/mol. The third-order valence-corrected chi connectivity index (χ3v) is 3.30. The highest BCUT2D eigenvalue weighted by molar-refractivity contribution is 5.84. The summed E-state index contributed by atoms with van der Waals surface area (Å²) in [5.41, 5.74) is 1.44. The quantitative estimate of drug-likeness (QED) is 0.701. The smallest absolute Gasteiger partial charge is 0.411 e. The Morgan fingerprint density at radius 3 is 2.20 bits per heavy atom. The van der Waals surface area contributed by atoms with Crippen LogP contribution in [0.1, 0.15) is 0 Å². The Kier molecular flexibility index (Phi) is 5.11. The molecular weight excluding hydrogens is 318 g/mol. The number of nitrogens with one attached hydrogen (secondary N) is 2. The molecule has 0 fully saturated rings. The fraction of sp³-hybridized carbons (Fsp3) is 0.0526. The second-order valence-electron chi connectivity index (χ2n) is 5.11. The normalized spacial score (nSPS) is 9.96. The largest absolute Gasteiger partial charge is 0.457 e. The molecule has 0 aliphatic rings. The number of hydrogen-bond acceptors (Lipinski definition) is 5. The number of carbonyl (C=O) groups is 1. The number of aromatic nitrogens is 1. The van der Waals surface area contributed by atoms with E-state index in [1.807, 2.05) is 54.6 Å². The first kappa shape index (κ1) is 16.3. The van der Waals surface area contributed by atoms with Crippen molar-refractivity contribution in [3.8, 4) is 11.5 Å². The van der Waals surface area contributed by atoms with E-state index in [2.05, 4.69) is 20.4 Å². The minimum Gasteiger partial charge on any atom is -0.457 e. The molecule has 0 aliphatic heterocycles. The summed E-state index contributed by atoms with van der Waals surface area (Å²) in [6.07, 6.45) is 1.02. The fourth-order valence-electron chi connectivity index (χ4n) is 2.09. The molecule has 0 saturated carbocycles. The Morgan fingerprint density at radius 2 is 1.56 bits per heavy atom. The lowest BCUT2D eigenvalue weighted by atomic mass is 10.3. The Labute approximate surface area is 145 Å². The third kappa shape index (κ3) is 4.71. The summed E-state index contributed by atoms with van der Waals surface area (Å²) in [5, 5.41) is 5.72. The number of pyridine rings is 1. The number of anilines is 3. The van der Waals surface area contributed by atoms with Crippen LogP contribution in [0.25, 0.3) is 0 Å². The van der Waals surface area contributed by atoms with Gasteiger partial charge in [-0.05, 0) is 48.5 Å². The molecule has 0 atom stereocenters. The number of carbonyl (C=O) groups excluding carboxylic acids is 1. The van der Waals surface area contributed by atoms with E-state index in [1.54, 1.807) is 18.3 Å². The van der Waals surface area contributed by atoms with E-state index in [1.165, 1.54) is 7.11 Å². The second-order valence-corrected chi connectivity index (χ2v) is 5.11. The molecule has 0 unspecified atom stereocenters. The van der Waals surface area contributed by atoms with Gasteiger partial charge in [-0.2, -0.15) is 0 Å². The van der Waals surface area contributed by atoms with E-state index in [-0.39, 0.29) is 0 Å². The molecule has 6 heteroatoms. The second kappa shape index (κ2) is 7.83. The summed E-state index contributed by atoms with van der Waals surface area (Å²) in [6.45, 7) is 0. The minimum atomic E-state index is -0.531. The lowest BCUT2D eigenvalue weighted by Gasteiger charge is -2.09. The Hall–Kier alpha value is -3.54. The van der Waals surface area contributed by atoms with E-state index in [0.29, 0.717) is 11.5 Å². The van der Waals surface area contributed by atoms with E-state index < -0.39 is 6.09 Å². The molecule has 0 saturated heterocycles. The van der Waals surface area contributed by atoms with Crippen molar-refractivity contribution in [3.63, 3.8) is 0 Å². The monoisotopic (exact) mass is 335 g/mol. The molecule has 2 N–H and O–H groups in total. The highest BCUT2D eigenvalue weighted by Gasteiger charge is 2.02. The summed E-state index contributed by atoms with van der Waals surface area (Å²) in [4.78, 5) is 15.4. The van der Waals surface area contributed by atoms with Crippen LogP contribution in [0.15, 0.2) is 72.9 Å². The average Bonchev–Trinajstić information content (AvgIpc) is 2.66. The van der Waals surface area contributed by atoms with E-state index in [0.717, 1.165) is 17.2 Å². The molecular formula is C19H17N3O3. The molecule has 1 heterocycles. The molecule has 2 aromatic carbocycles. The van der Waals surface area contributed by atoms with Gasteiger partial charge in [0.25, 0.3) is 0 Å². The van der Waals surface area contributed by atoms with Gasteiger partial charge < -0.3 is 14.8 Å². The zero-order valence-electron chi connectivity index (χ0n) is 13.6. The topological polar surface area (TPSA) is 72.5 Å². The van der Waals surface area contributed by atoms with Gasteiger partial charge in [-0.1, -0.05) is 18.2 Å². The van der Waals surface area contributed by atoms with Crippen LogP contribution in [0, 0.1) is 0 Å². The van der Waals surface area contributed by atoms with Crippen molar-refractivity contribution in [3.05, 3.63) is 72.9 Å². The molecule has 0 radical (unpaired) electrons. The van der Waals surface area contributed by atoms with Gasteiger partial charge in [0.2, 0.25) is 0 Å². The van der Waals surface area contributed by atoms with E-state index >= 15 is 0 Å². The number of hydrogen-bond donors (Lipinski definition) is 2. The fourth-order valence-corrected chi connectivity index (χ4v) is 2.09. The number of para-hydroxylation sites is 1. The molecule has 1 amide bonds. The maximum atomic E-state index is 11.1. The van der Waals surface area contributed by atoms with Crippen LogP contribution in [-0.2, 0) is 4.74 Å². The molecule has 3 aromatic rings. The van der Waals surface area contributed by atoms with Crippen molar-refractivity contribution in [2.24, 2.45) is 0 Å². The Bertz CT molecular complexity index is 819. The molecule has 3 rings (SSSR count). The van der Waals surface area contributed by atoms with Crippen LogP contribution in [0.5, 0.6) is 11.5 Å². The highest BCUT2D eigenvalue weighted by Crippen LogP contribution is 2.24. The number of rotatable bonds is 5.